The van der Waals surface area contributed by atoms with Crippen molar-refractivity contribution in [3.63, 3.8) is 0 Å². The molecule has 0 radical (unpaired) electrons. The molecule has 1 atom stereocenters. The number of carbonyl (C=O) groups excluding carboxylic acids is 2. The number of rotatable bonds is 7. The Morgan fingerprint density at radius 1 is 1.07 bits per heavy atom. The van der Waals surface area contributed by atoms with E-state index in [0.29, 0.717) is 17.2 Å². The Balaban J connectivity index is 1.88. The minimum absolute atomic E-state index is 0.262. The zero-order valence-corrected chi connectivity index (χ0v) is 16.3. The molecule has 0 fully saturated rings. The van der Waals surface area contributed by atoms with Crippen molar-refractivity contribution in [1.29, 1.82) is 0 Å². The van der Waals surface area contributed by atoms with Gasteiger partial charge in [-0.2, -0.15) is 0 Å². The molecule has 27 heavy (non-hydrogen) atoms. The summed E-state index contributed by atoms with van der Waals surface area (Å²) in [5.41, 5.74) is 3.58. The third-order valence-corrected chi connectivity index (χ3v) is 3.95. The van der Waals surface area contributed by atoms with E-state index in [9.17, 15) is 9.59 Å². The van der Waals surface area contributed by atoms with Crippen LogP contribution in [0.5, 0.6) is 11.5 Å². The van der Waals surface area contributed by atoms with Crippen LogP contribution in [0.15, 0.2) is 36.4 Å². The van der Waals surface area contributed by atoms with Crippen LogP contribution >= 0.6 is 0 Å². The molecule has 0 saturated carbocycles. The van der Waals surface area contributed by atoms with Crippen molar-refractivity contribution in [3.8, 4) is 11.5 Å². The molecule has 1 unspecified atom stereocenters. The number of methoxy groups -OCH3 is 1. The first-order chi connectivity index (χ1) is 12.8. The summed E-state index contributed by atoms with van der Waals surface area (Å²) in [6.45, 7) is 7.09. The van der Waals surface area contributed by atoms with Gasteiger partial charge in [-0.1, -0.05) is 23.8 Å². The molecule has 1 amide bonds. The second kappa shape index (κ2) is 9.07. The van der Waals surface area contributed by atoms with Crippen molar-refractivity contribution >= 4 is 17.6 Å². The number of anilines is 1. The maximum absolute atomic E-state index is 12.2. The molecule has 0 aliphatic heterocycles. The molecule has 0 saturated heterocycles. The fraction of sp³-hybridized carbons (Fsp3) is 0.333. The largest absolute Gasteiger partial charge is 0.497 e. The minimum atomic E-state index is -0.951. The monoisotopic (exact) mass is 371 g/mol. The van der Waals surface area contributed by atoms with Gasteiger partial charge in [-0.25, -0.2) is 4.79 Å². The molecule has 144 valence electrons. The van der Waals surface area contributed by atoms with Crippen molar-refractivity contribution in [2.45, 2.75) is 33.8 Å². The number of aryl methyl sites for hydroxylation is 3. The predicted octanol–water partition coefficient (Wildman–Crippen LogP) is 3.57. The van der Waals surface area contributed by atoms with Gasteiger partial charge in [-0.05, 0) is 51.0 Å². The van der Waals surface area contributed by atoms with Gasteiger partial charge in [0, 0.05) is 11.8 Å². The summed E-state index contributed by atoms with van der Waals surface area (Å²) >= 11 is 0. The van der Waals surface area contributed by atoms with Gasteiger partial charge in [-0.15, -0.1) is 0 Å². The fourth-order valence-corrected chi connectivity index (χ4v) is 2.75. The van der Waals surface area contributed by atoms with E-state index in [4.69, 9.17) is 14.2 Å². The Bertz CT molecular complexity index is 808. The molecule has 6 nitrogen and oxygen atoms in total. The summed E-state index contributed by atoms with van der Waals surface area (Å²) < 4.78 is 15.9. The number of hydrogen-bond acceptors (Lipinski definition) is 5. The maximum atomic E-state index is 12.2. The molecule has 0 aliphatic rings. The quantitative estimate of drug-likeness (QED) is 0.753. The number of esters is 1. The molecule has 0 aromatic heterocycles. The summed E-state index contributed by atoms with van der Waals surface area (Å²) in [6, 6.07) is 10.9. The number of nitrogens with one attached hydrogen (secondary N) is 1. The van der Waals surface area contributed by atoms with Crippen LogP contribution in [-0.4, -0.2) is 31.7 Å². The van der Waals surface area contributed by atoms with Gasteiger partial charge < -0.3 is 19.5 Å². The second-order valence-electron chi connectivity index (χ2n) is 6.37. The molecule has 0 aliphatic carbocycles. The number of benzene rings is 2. The van der Waals surface area contributed by atoms with E-state index in [-0.39, 0.29) is 6.61 Å². The van der Waals surface area contributed by atoms with E-state index in [1.54, 1.807) is 31.4 Å². The zero-order valence-electron chi connectivity index (χ0n) is 16.3. The van der Waals surface area contributed by atoms with Crippen LogP contribution < -0.4 is 14.8 Å². The van der Waals surface area contributed by atoms with Crippen molar-refractivity contribution < 1.29 is 23.8 Å². The van der Waals surface area contributed by atoms with Crippen molar-refractivity contribution in [1.82, 2.24) is 0 Å². The fourth-order valence-electron chi connectivity index (χ4n) is 2.75. The van der Waals surface area contributed by atoms with Gasteiger partial charge in [0.2, 0.25) is 0 Å². The molecule has 6 heteroatoms. The lowest BCUT2D eigenvalue weighted by molar-refractivity contribution is -0.155. The summed E-state index contributed by atoms with van der Waals surface area (Å²) in [7, 11) is 1.54. The van der Waals surface area contributed by atoms with Gasteiger partial charge in [0.1, 0.15) is 11.5 Å². The van der Waals surface area contributed by atoms with Gasteiger partial charge in [0.15, 0.2) is 12.7 Å². The smallest absolute Gasteiger partial charge is 0.344 e. The van der Waals surface area contributed by atoms with Crippen LogP contribution in [0.4, 0.5) is 5.69 Å². The molecule has 2 aromatic carbocycles. The summed E-state index contributed by atoms with van der Waals surface area (Å²) in [5.74, 6) is 0.239. The van der Waals surface area contributed by atoms with Crippen molar-refractivity contribution in [2.24, 2.45) is 0 Å². The molecular formula is C21H25NO5. The predicted molar refractivity (Wildman–Crippen MR) is 103 cm³/mol. The van der Waals surface area contributed by atoms with Crippen LogP contribution in [0, 0.1) is 20.8 Å². The molecule has 2 rings (SSSR count). The third-order valence-electron chi connectivity index (χ3n) is 3.95. The summed E-state index contributed by atoms with van der Waals surface area (Å²) in [6.07, 6.45) is -0.951. The lowest BCUT2D eigenvalue weighted by Crippen LogP contribution is -2.31. The highest BCUT2D eigenvalue weighted by atomic mass is 16.6. The number of amides is 1. The van der Waals surface area contributed by atoms with E-state index >= 15 is 0 Å². The van der Waals surface area contributed by atoms with E-state index in [1.165, 1.54) is 6.92 Å². The molecular weight excluding hydrogens is 346 g/mol. The van der Waals surface area contributed by atoms with E-state index in [0.717, 1.165) is 16.7 Å². The Morgan fingerprint density at radius 3 is 2.37 bits per heavy atom. The standard InChI is InChI=1S/C21H25NO5/c1-13-9-14(2)20(15(3)10-13)26-12-19(23)27-16(4)21(24)22-17-7-6-8-18(11-17)25-5/h6-11,16H,12H2,1-5H3,(H,22,24). The molecule has 0 heterocycles. The average molecular weight is 371 g/mol. The summed E-state index contributed by atoms with van der Waals surface area (Å²) in [4.78, 5) is 24.2. The zero-order chi connectivity index (χ0) is 20.0. The normalized spacial score (nSPS) is 11.4. The van der Waals surface area contributed by atoms with Gasteiger partial charge >= 0.3 is 5.97 Å². The van der Waals surface area contributed by atoms with Crippen LogP contribution in [0.25, 0.3) is 0 Å². The van der Waals surface area contributed by atoms with Crippen molar-refractivity contribution in [2.75, 3.05) is 19.0 Å². The topological polar surface area (TPSA) is 73.9 Å². The van der Waals surface area contributed by atoms with E-state index in [1.807, 2.05) is 32.9 Å². The maximum Gasteiger partial charge on any atom is 0.344 e. The first kappa shape index (κ1) is 20.3. The van der Waals surface area contributed by atoms with Crippen LogP contribution in [0.1, 0.15) is 23.6 Å². The number of hydrogen-bond donors (Lipinski definition) is 1. The average Bonchev–Trinajstić information content (AvgIpc) is 2.60. The Labute approximate surface area is 159 Å². The van der Waals surface area contributed by atoms with Gasteiger partial charge in [0.25, 0.3) is 5.91 Å². The van der Waals surface area contributed by atoms with Gasteiger partial charge in [0.05, 0.1) is 7.11 Å². The number of carbonyl (C=O) groups is 2. The van der Waals surface area contributed by atoms with Crippen LogP contribution in [0.3, 0.4) is 0 Å². The SMILES string of the molecule is COc1cccc(NC(=O)C(C)OC(=O)COc2c(C)cc(C)cc2C)c1. The lowest BCUT2D eigenvalue weighted by atomic mass is 10.1. The highest BCUT2D eigenvalue weighted by Crippen LogP contribution is 2.24. The van der Waals surface area contributed by atoms with E-state index in [2.05, 4.69) is 5.32 Å². The molecule has 0 bridgehead atoms. The van der Waals surface area contributed by atoms with Crippen LogP contribution in [0.2, 0.25) is 0 Å². The lowest BCUT2D eigenvalue weighted by Gasteiger charge is -2.16. The molecule has 0 spiro atoms. The molecule has 2 aromatic rings. The highest BCUT2D eigenvalue weighted by Gasteiger charge is 2.19. The highest BCUT2D eigenvalue weighted by molar-refractivity contribution is 5.95. The van der Waals surface area contributed by atoms with Crippen molar-refractivity contribution in [3.05, 3.63) is 53.1 Å². The van der Waals surface area contributed by atoms with Crippen LogP contribution in [-0.2, 0) is 14.3 Å². The minimum Gasteiger partial charge on any atom is -0.497 e. The van der Waals surface area contributed by atoms with Gasteiger partial charge in [-0.3, -0.25) is 4.79 Å². The third kappa shape index (κ3) is 5.74. The van der Waals surface area contributed by atoms with E-state index < -0.39 is 18.0 Å². The Kier molecular flexibility index (Phi) is 6.82. The Morgan fingerprint density at radius 2 is 1.74 bits per heavy atom. The Hall–Kier alpha value is -3.02. The first-order valence-electron chi connectivity index (χ1n) is 8.65. The first-order valence-corrected chi connectivity index (χ1v) is 8.65. The number of ether oxygens (including phenoxy) is 3. The second-order valence-corrected chi connectivity index (χ2v) is 6.37. The molecule has 1 N–H and O–H groups in total. The summed E-state index contributed by atoms with van der Waals surface area (Å²) in [5, 5.41) is 2.68.